The van der Waals surface area contributed by atoms with Crippen molar-refractivity contribution in [1.29, 1.82) is 0 Å². The summed E-state index contributed by atoms with van der Waals surface area (Å²) in [4.78, 5) is 20.7. The van der Waals surface area contributed by atoms with Crippen molar-refractivity contribution in [2.24, 2.45) is 4.99 Å². The Hall–Kier alpha value is -2.16. The number of fused-ring (bicyclic) bond motifs is 1. The number of carbonyl (C=O) groups excluding carboxylic acids is 1. The number of para-hydroxylation sites is 1. The number of guanidine groups is 1. The van der Waals surface area contributed by atoms with Gasteiger partial charge < -0.3 is 15.1 Å². The zero-order chi connectivity index (χ0) is 19.9. The lowest BCUT2D eigenvalue weighted by Gasteiger charge is -2.22. The van der Waals surface area contributed by atoms with Crippen molar-refractivity contribution in [2.75, 3.05) is 32.1 Å². The summed E-state index contributed by atoms with van der Waals surface area (Å²) in [5.41, 5.74) is 3.31. The highest BCUT2D eigenvalue weighted by Crippen LogP contribution is 2.27. The highest BCUT2D eigenvalue weighted by atomic mass is 127. The minimum absolute atomic E-state index is 0. The molecule has 1 aliphatic heterocycles. The molecule has 0 spiro atoms. The molecular weight excluding hydrogens is 482 g/mol. The van der Waals surface area contributed by atoms with Gasteiger partial charge in [-0.2, -0.15) is 0 Å². The minimum Gasteiger partial charge on any atom is -0.356 e. The van der Waals surface area contributed by atoms with Gasteiger partial charge in [0.05, 0.1) is 0 Å². The summed E-state index contributed by atoms with van der Waals surface area (Å²) in [6.07, 6.45) is 2.17. The van der Waals surface area contributed by atoms with Gasteiger partial charge in [0, 0.05) is 45.8 Å². The number of nitrogens with zero attached hydrogens (tertiary/aromatic N) is 3. The first-order chi connectivity index (χ1) is 13.6. The Morgan fingerprint density at radius 2 is 1.93 bits per heavy atom. The van der Waals surface area contributed by atoms with Gasteiger partial charge >= 0.3 is 0 Å². The van der Waals surface area contributed by atoms with E-state index < -0.39 is 0 Å². The number of rotatable bonds is 6. The highest BCUT2D eigenvalue weighted by Gasteiger charge is 2.23. The van der Waals surface area contributed by atoms with Crippen molar-refractivity contribution < 1.29 is 9.18 Å². The number of benzene rings is 2. The van der Waals surface area contributed by atoms with Crippen LogP contribution >= 0.6 is 24.0 Å². The van der Waals surface area contributed by atoms with Gasteiger partial charge in [0.2, 0.25) is 5.91 Å². The molecule has 0 bridgehead atoms. The van der Waals surface area contributed by atoms with E-state index in [4.69, 9.17) is 0 Å². The van der Waals surface area contributed by atoms with E-state index in [2.05, 4.69) is 16.4 Å². The molecule has 7 heteroatoms. The van der Waals surface area contributed by atoms with Crippen LogP contribution in [0.5, 0.6) is 0 Å². The van der Waals surface area contributed by atoms with Gasteiger partial charge in [-0.15, -0.1) is 24.0 Å². The van der Waals surface area contributed by atoms with E-state index in [1.807, 2.05) is 35.0 Å². The lowest BCUT2D eigenvalue weighted by molar-refractivity contribution is -0.118. The Balaban J connectivity index is 0.00000300. The molecule has 0 atom stereocenters. The molecule has 2 aromatic carbocycles. The van der Waals surface area contributed by atoms with Crippen molar-refractivity contribution in [2.45, 2.75) is 25.8 Å². The smallest absolute Gasteiger partial charge is 0.227 e. The summed E-state index contributed by atoms with van der Waals surface area (Å²) in [7, 11) is 3.67. The number of hydrogen-bond donors (Lipinski definition) is 1. The third-order valence-corrected chi connectivity index (χ3v) is 4.95. The van der Waals surface area contributed by atoms with E-state index in [0.717, 1.165) is 36.6 Å². The number of halogens is 2. The number of nitrogens with one attached hydrogen (secondary N) is 1. The SMILES string of the molecule is CN=C(NCCCC(=O)N1CCc2ccccc21)N(C)Cc1ccc(F)cc1.I. The number of hydrogen-bond acceptors (Lipinski definition) is 2. The fraction of sp³-hybridized carbons (Fsp3) is 0.364. The van der Waals surface area contributed by atoms with E-state index in [1.54, 1.807) is 19.2 Å². The van der Waals surface area contributed by atoms with Gasteiger partial charge in [0.1, 0.15) is 5.82 Å². The maximum absolute atomic E-state index is 13.0. The molecule has 0 aromatic heterocycles. The lowest BCUT2D eigenvalue weighted by Crippen LogP contribution is -2.39. The second kappa shape index (κ2) is 11.1. The zero-order valence-corrected chi connectivity index (χ0v) is 19.2. The van der Waals surface area contributed by atoms with E-state index in [0.29, 0.717) is 19.5 Å². The molecule has 1 heterocycles. The van der Waals surface area contributed by atoms with Gasteiger partial charge in [0.15, 0.2) is 5.96 Å². The molecule has 0 saturated heterocycles. The van der Waals surface area contributed by atoms with Gasteiger partial charge in [0.25, 0.3) is 0 Å². The predicted molar refractivity (Wildman–Crippen MR) is 126 cm³/mol. The summed E-state index contributed by atoms with van der Waals surface area (Å²) >= 11 is 0. The van der Waals surface area contributed by atoms with Crippen LogP contribution in [-0.2, 0) is 17.8 Å². The molecule has 0 radical (unpaired) electrons. The quantitative estimate of drug-likeness (QED) is 0.278. The van der Waals surface area contributed by atoms with Crippen LogP contribution in [-0.4, -0.2) is 44.0 Å². The van der Waals surface area contributed by atoms with Gasteiger partial charge in [-0.05, 0) is 42.2 Å². The van der Waals surface area contributed by atoms with E-state index in [1.165, 1.54) is 17.7 Å². The van der Waals surface area contributed by atoms with E-state index >= 15 is 0 Å². The molecule has 0 saturated carbocycles. The molecule has 29 heavy (non-hydrogen) atoms. The van der Waals surface area contributed by atoms with Crippen LogP contribution in [0, 0.1) is 5.82 Å². The Morgan fingerprint density at radius 1 is 1.21 bits per heavy atom. The normalized spacial score (nSPS) is 12.9. The van der Waals surface area contributed by atoms with Crippen LogP contribution in [0.4, 0.5) is 10.1 Å². The van der Waals surface area contributed by atoms with E-state index in [-0.39, 0.29) is 35.7 Å². The first-order valence-electron chi connectivity index (χ1n) is 9.63. The molecule has 1 aliphatic rings. The second-order valence-electron chi connectivity index (χ2n) is 6.98. The first-order valence-corrected chi connectivity index (χ1v) is 9.63. The third kappa shape index (κ3) is 6.16. The summed E-state index contributed by atoms with van der Waals surface area (Å²) in [6, 6.07) is 14.6. The van der Waals surface area contributed by atoms with Crippen molar-refractivity contribution in [3.05, 3.63) is 65.5 Å². The minimum atomic E-state index is -0.237. The monoisotopic (exact) mass is 510 g/mol. The molecule has 0 fully saturated rings. The number of aliphatic imine (C=N–C) groups is 1. The molecule has 1 N–H and O–H groups in total. The fourth-order valence-electron chi connectivity index (χ4n) is 3.50. The number of carbonyl (C=O) groups is 1. The van der Waals surface area contributed by atoms with Crippen molar-refractivity contribution in [3.63, 3.8) is 0 Å². The van der Waals surface area contributed by atoms with Gasteiger partial charge in [-0.25, -0.2) is 4.39 Å². The zero-order valence-electron chi connectivity index (χ0n) is 16.9. The first kappa shape index (κ1) is 23.1. The molecule has 0 unspecified atom stereocenters. The molecule has 1 amide bonds. The maximum Gasteiger partial charge on any atom is 0.227 e. The molecule has 156 valence electrons. The molecule has 5 nitrogen and oxygen atoms in total. The summed E-state index contributed by atoms with van der Waals surface area (Å²) in [6.45, 7) is 2.07. The highest BCUT2D eigenvalue weighted by molar-refractivity contribution is 14.0. The number of amides is 1. The van der Waals surface area contributed by atoms with E-state index in [9.17, 15) is 9.18 Å². The maximum atomic E-state index is 13.0. The largest absolute Gasteiger partial charge is 0.356 e. The number of anilines is 1. The van der Waals surface area contributed by atoms with Crippen molar-refractivity contribution in [1.82, 2.24) is 10.2 Å². The molecule has 2 aromatic rings. The standard InChI is InChI=1S/C22H27FN4O.HI/c1-24-22(26(2)16-17-9-11-19(23)12-10-17)25-14-5-8-21(28)27-15-13-18-6-3-4-7-20(18)27;/h3-4,6-7,9-12H,5,8,13-16H2,1-2H3,(H,24,25);1H. The van der Waals surface area contributed by atoms with Gasteiger partial charge in [-0.3, -0.25) is 9.79 Å². The lowest BCUT2D eigenvalue weighted by atomic mass is 10.2. The van der Waals surface area contributed by atoms with Crippen molar-refractivity contribution in [3.8, 4) is 0 Å². The molecular formula is C22H28FIN4O. The molecule has 3 rings (SSSR count). The van der Waals surface area contributed by atoms with Crippen LogP contribution in [0.25, 0.3) is 0 Å². The van der Waals surface area contributed by atoms with Crippen LogP contribution in [0.2, 0.25) is 0 Å². The Morgan fingerprint density at radius 3 is 2.66 bits per heavy atom. The third-order valence-electron chi connectivity index (χ3n) is 4.95. The second-order valence-corrected chi connectivity index (χ2v) is 6.98. The fourth-order valence-corrected chi connectivity index (χ4v) is 3.50. The average Bonchev–Trinajstić information content (AvgIpc) is 3.14. The summed E-state index contributed by atoms with van der Waals surface area (Å²) in [5.74, 6) is 0.684. The summed E-state index contributed by atoms with van der Waals surface area (Å²) in [5, 5.41) is 3.30. The van der Waals surface area contributed by atoms with Crippen molar-refractivity contribution >= 4 is 41.5 Å². The van der Waals surface area contributed by atoms with Crippen LogP contribution < -0.4 is 10.2 Å². The van der Waals surface area contributed by atoms with Crippen LogP contribution in [0.15, 0.2) is 53.5 Å². The Kier molecular flexibility index (Phi) is 8.88. The Bertz CT molecular complexity index is 841. The Labute approximate surface area is 189 Å². The van der Waals surface area contributed by atoms with Crippen LogP contribution in [0.3, 0.4) is 0 Å². The van der Waals surface area contributed by atoms with Gasteiger partial charge in [-0.1, -0.05) is 30.3 Å². The predicted octanol–water partition coefficient (Wildman–Crippen LogP) is 3.82. The molecule has 0 aliphatic carbocycles. The van der Waals surface area contributed by atoms with Crippen LogP contribution in [0.1, 0.15) is 24.0 Å². The summed E-state index contributed by atoms with van der Waals surface area (Å²) < 4.78 is 13.0. The topological polar surface area (TPSA) is 47.9 Å². The average molecular weight is 510 g/mol.